The number of nitrogens with zero attached hydrogens (tertiary/aromatic N) is 5. The normalized spacial score (nSPS) is 17.8. The number of carbonyl (C=O) groups excluding carboxylic acids is 1. The van der Waals surface area contributed by atoms with Crippen LogP contribution in [0.4, 0.5) is 5.95 Å². The Bertz CT molecular complexity index is 787. The first-order valence-electron chi connectivity index (χ1n) is 8.22. The van der Waals surface area contributed by atoms with Gasteiger partial charge in [0.2, 0.25) is 5.95 Å². The number of piperidine rings is 1. The van der Waals surface area contributed by atoms with Gasteiger partial charge in [0, 0.05) is 44.7 Å². The number of aromatic nitrogens is 4. The zero-order chi connectivity index (χ0) is 17.1. The highest BCUT2D eigenvalue weighted by Crippen LogP contribution is 2.23. The van der Waals surface area contributed by atoms with Crippen molar-refractivity contribution in [2.75, 3.05) is 18.0 Å². The summed E-state index contributed by atoms with van der Waals surface area (Å²) in [7, 11) is 1.71. The Morgan fingerprint density at radius 2 is 2.21 bits per heavy atom. The molecule has 7 nitrogen and oxygen atoms in total. The van der Waals surface area contributed by atoms with E-state index in [2.05, 4.69) is 15.0 Å². The third-order valence-electron chi connectivity index (χ3n) is 4.46. The summed E-state index contributed by atoms with van der Waals surface area (Å²) in [5, 5.41) is 0. The Morgan fingerprint density at radius 3 is 2.92 bits per heavy atom. The van der Waals surface area contributed by atoms with Crippen molar-refractivity contribution in [1.82, 2.24) is 19.5 Å². The number of rotatable bonds is 4. The Labute approximate surface area is 140 Å². The Balaban J connectivity index is 1.97. The monoisotopic (exact) mass is 327 g/mol. The van der Waals surface area contributed by atoms with Gasteiger partial charge in [-0.1, -0.05) is 6.92 Å². The van der Waals surface area contributed by atoms with Gasteiger partial charge < -0.3 is 4.90 Å². The number of ketones is 1. The SMILES string of the molecule is CCC(=O)C1CCCN(c2nc(-c3ccncn3)cc(=O)n2C)C1. The number of anilines is 1. The average molecular weight is 327 g/mol. The van der Waals surface area contributed by atoms with Crippen molar-refractivity contribution < 1.29 is 4.79 Å². The summed E-state index contributed by atoms with van der Waals surface area (Å²) in [6.45, 7) is 3.30. The summed E-state index contributed by atoms with van der Waals surface area (Å²) < 4.78 is 1.53. The molecule has 1 aliphatic rings. The summed E-state index contributed by atoms with van der Waals surface area (Å²) in [4.78, 5) is 39.1. The van der Waals surface area contributed by atoms with E-state index in [0.717, 1.165) is 19.4 Å². The van der Waals surface area contributed by atoms with Gasteiger partial charge in [0.05, 0.1) is 11.4 Å². The van der Waals surface area contributed by atoms with Gasteiger partial charge in [0.1, 0.15) is 12.1 Å². The minimum absolute atomic E-state index is 0.0170. The Morgan fingerprint density at radius 1 is 1.38 bits per heavy atom. The molecule has 3 heterocycles. The van der Waals surface area contributed by atoms with E-state index in [-0.39, 0.29) is 17.3 Å². The van der Waals surface area contributed by atoms with Crippen molar-refractivity contribution in [3.8, 4) is 11.4 Å². The molecule has 0 aromatic carbocycles. The third kappa shape index (κ3) is 3.20. The fraction of sp³-hybridized carbons (Fsp3) is 0.471. The van der Waals surface area contributed by atoms with E-state index in [1.165, 1.54) is 17.0 Å². The van der Waals surface area contributed by atoms with E-state index in [1.54, 1.807) is 19.3 Å². The minimum Gasteiger partial charge on any atom is -0.341 e. The van der Waals surface area contributed by atoms with Crippen molar-refractivity contribution in [3.05, 3.63) is 35.0 Å². The first-order chi connectivity index (χ1) is 11.6. The number of Topliss-reactive ketones (excluding diaryl/α,β-unsaturated/α-hetero) is 1. The van der Waals surface area contributed by atoms with Gasteiger partial charge in [0.25, 0.3) is 5.56 Å². The molecule has 2 aromatic heterocycles. The highest BCUT2D eigenvalue weighted by Gasteiger charge is 2.27. The molecule has 0 amide bonds. The lowest BCUT2D eigenvalue weighted by atomic mass is 9.93. The molecule has 1 saturated heterocycles. The predicted molar refractivity (Wildman–Crippen MR) is 90.7 cm³/mol. The van der Waals surface area contributed by atoms with Gasteiger partial charge in [-0.15, -0.1) is 0 Å². The van der Waals surface area contributed by atoms with Crippen LogP contribution in [0.15, 0.2) is 29.5 Å². The van der Waals surface area contributed by atoms with E-state index >= 15 is 0 Å². The molecule has 24 heavy (non-hydrogen) atoms. The van der Waals surface area contributed by atoms with E-state index in [0.29, 0.717) is 30.3 Å². The molecular formula is C17H21N5O2. The Kier molecular flexibility index (Phi) is 4.69. The lowest BCUT2D eigenvalue weighted by molar-refractivity contribution is -0.122. The number of carbonyl (C=O) groups is 1. The van der Waals surface area contributed by atoms with Crippen LogP contribution in [0.3, 0.4) is 0 Å². The molecule has 0 saturated carbocycles. The molecule has 126 valence electrons. The molecule has 0 radical (unpaired) electrons. The molecule has 2 aromatic rings. The lowest BCUT2D eigenvalue weighted by Crippen LogP contribution is -2.41. The van der Waals surface area contributed by atoms with Gasteiger partial charge in [-0.3, -0.25) is 14.2 Å². The minimum atomic E-state index is -0.141. The molecule has 3 rings (SSSR count). The second-order valence-corrected chi connectivity index (χ2v) is 6.04. The maximum Gasteiger partial charge on any atom is 0.255 e. The van der Waals surface area contributed by atoms with E-state index in [1.807, 2.05) is 11.8 Å². The molecule has 7 heteroatoms. The molecule has 1 fully saturated rings. The molecular weight excluding hydrogens is 306 g/mol. The summed E-state index contributed by atoms with van der Waals surface area (Å²) >= 11 is 0. The van der Waals surface area contributed by atoms with Gasteiger partial charge in [-0.05, 0) is 18.9 Å². The van der Waals surface area contributed by atoms with Crippen molar-refractivity contribution in [1.29, 1.82) is 0 Å². The molecule has 1 aliphatic heterocycles. The maximum absolute atomic E-state index is 12.3. The van der Waals surface area contributed by atoms with Crippen molar-refractivity contribution in [3.63, 3.8) is 0 Å². The van der Waals surface area contributed by atoms with Gasteiger partial charge in [-0.25, -0.2) is 15.0 Å². The summed E-state index contributed by atoms with van der Waals surface area (Å²) in [5.41, 5.74) is 0.999. The largest absolute Gasteiger partial charge is 0.341 e. The van der Waals surface area contributed by atoms with Crippen LogP contribution in [-0.4, -0.2) is 38.4 Å². The van der Waals surface area contributed by atoms with Crippen molar-refractivity contribution in [2.45, 2.75) is 26.2 Å². The van der Waals surface area contributed by atoms with Gasteiger partial charge >= 0.3 is 0 Å². The van der Waals surface area contributed by atoms with Crippen LogP contribution in [0, 0.1) is 5.92 Å². The number of hydrogen-bond acceptors (Lipinski definition) is 6. The van der Waals surface area contributed by atoms with Crippen LogP contribution in [0.5, 0.6) is 0 Å². The zero-order valence-corrected chi connectivity index (χ0v) is 14.0. The fourth-order valence-corrected chi connectivity index (χ4v) is 3.09. The predicted octanol–water partition coefficient (Wildman–Crippen LogP) is 1.43. The molecule has 1 atom stereocenters. The molecule has 0 N–H and O–H groups in total. The maximum atomic E-state index is 12.3. The van der Waals surface area contributed by atoms with E-state index < -0.39 is 0 Å². The molecule has 1 unspecified atom stereocenters. The second-order valence-electron chi connectivity index (χ2n) is 6.04. The molecule has 0 aliphatic carbocycles. The average Bonchev–Trinajstić information content (AvgIpc) is 2.64. The second kappa shape index (κ2) is 6.90. The highest BCUT2D eigenvalue weighted by atomic mass is 16.1. The highest BCUT2D eigenvalue weighted by molar-refractivity contribution is 5.81. The number of hydrogen-bond donors (Lipinski definition) is 0. The lowest BCUT2D eigenvalue weighted by Gasteiger charge is -2.33. The summed E-state index contributed by atoms with van der Waals surface area (Å²) in [6, 6.07) is 3.20. The molecule has 0 spiro atoms. The van der Waals surface area contributed by atoms with Crippen LogP contribution in [-0.2, 0) is 11.8 Å². The fourth-order valence-electron chi connectivity index (χ4n) is 3.09. The smallest absolute Gasteiger partial charge is 0.255 e. The first-order valence-corrected chi connectivity index (χ1v) is 8.22. The van der Waals surface area contributed by atoms with Crippen molar-refractivity contribution in [2.24, 2.45) is 13.0 Å². The summed E-state index contributed by atoms with van der Waals surface area (Å²) in [5.74, 6) is 0.879. The first kappa shape index (κ1) is 16.3. The van der Waals surface area contributed by atoms with Crippen LogP contribution >= 0.6 is 0 Å². The van der Waals surface area contributed by atoms with Crippen LogP contribution in [0.2, 0.25) is 0 Å². The van der Waals surface area contributed by atoms with Crippen LogP contribution in [0.25, 0.3) is 11.4 Å². The van der Waals surface area contributed by atoms with Gasteiger partial charge in [0.15, 0.2) is 0 Å². The van der Waals surface area contributed by atoms with E-state index in [4.69, 9.17) is 0 Å². The zero-order valence-electron chi connectivity index (χ0n) is 14.0. The molecule has 0 bridgehead atoms. The Hall–Kier alpha value is -2.57. The third-order valence-corrected chi connectivity index (χ3v) is 4.46. The van der Waals surface area contributed by atoms with Crippen molar-refractivity contribution >= 4 is 11.7 Å². The topological polar surface area (TPSA) is 81.0 Å². The van der Waals surface area contributed by atoms with Crippen LogP contribution < -0.4 is 10.5 Å². The van der Waals surface area contributed by atoms with Gasteiger partial charge in [-0.2, -0.15) is 0 Å². The van der Waals surface area contributed by atoms with Crippen LogP contribution in [0.1, 0.15) is 26.2 Å². The summed E-state index contributed by atoms with van der Waals surface area (Å²) in [6.07, 6.45) is 5.43. The standard InChI is InChI=1S/C17H21N5O2/c1-3-15(23)12-5-4-8-22(10-12)17-20-14(9-16(24)21(17)2)13-6-7-18-11-19-13/h6-7,9,11-12H,3-5,8,10H2,1-2H3. The quantitative estimate of drug-likeness (QED) is 0.845. The van der Waals surface area contributed by atoms with E-state index in [9.17, 15) is 9.59 Å².